The average Bonchev–Trinajstić information content (AvgIpc) is 2.39. The molecule has 104 valence electrons. The summed E-state index contributed by atoms with van der Waals surface area (Å²) in [6, 6.07) is 1.57. The molecule has 3 rings (SSSR count). The third kappa shape index (κ3) is 2.73. The van der Waals surface area contributed by atoms with E-state index in [1.54, 1.807) is 0 Å². The van der Waals surface area contributed by atoms with Crippen molar-refractivity contribution >= 4 is 0 Å². The molecule has 3 nitrogen and oxygen atoms in total. The molecule has 1 heterocycles. The lowest BCUT2D eigenvalue weighted by Gasteiger charge is -2.47. The van der Waals surface area contributed by atoms with E-state index in [1.807, 2.05) is 7.11 Å². The first-order valence-electron chi connectivity index (χ1n) is 7.87. The molecule has 0 aromatic rings. The van der Waals surface area contributed by atoms with E-state index in [0.717, 1.165) is 18.0 Å². The predicted octanol–water partition coefficient (Wildman–Crippen LogP) is 2.02. The highest BCUT2D eigenvalue weighted by Crippen LogP contribution is 2.32. The lowest BCUT2D eigenvalue weighted by Crippen LogP contribution is -2.59. The summed E-state index contributed by atoms with van der Waals surface area (Å²) in [4.78, 5) is 2.73. The Morgan fingerprint density at radius 3 is 2.61 bits per heavy atom. The van der Waals surface area contributed by atoms with Crippen molar-refractivity contribution < 1.29 is 4.74 Å². The SMILES string of the molecule is COC1CC(N2CCNC(C3CCCCC3)C2)C1. The molecule has 0 aromatic heterocycles. The van der Waals surface area contributed by atoms with Crippen molar-refractivity contribution in [3.8, 4) is 0 Å². The van der Waals surface area contributed by atoms with Gasteiger partial charge in [0.05, 0.1) is 6.10 Å². The minimum Gasteiger partial charge on any atom is -0.381 e. The van der Waals surface area contributed by atoms with Gasteiger partial charge in [-0.05, 0) is 31.6 Å². The summed E-state index contributed by atoms with van der Waals surface area (Å²) in [6.07, 6.45) is 10.3. The van der Waals surface area contributed by atoms with Crippen LogP contribution in [0.1, 0.15) is 44.9 Å². The minimum atomic E-state index is 0.540. The molecule has 3 fully saturated rings. The second kappa shape index (κ2) is 5.89. The molecule has 1 saturated heterocycles. The molecular formula is C15H28N2O. The summed E-state index contributed by atoms with van der Waals surface area (Å²) in [5, 5.41) is 3.77. The highest BCUT2D eigenvalue weighted by atomic mass is 16.5. The van der Waals surface area contributed by atoms with Crippen LogP contribution < -0.4 is 5.32 Å². The summed E-state index contributed by atoms with van der Waals surface area (Å²) in [5.74, 6) is 0.944. The molecule has 2 aliphatic carbocycles. The fraction of sp³-hybridized carbons (Fsp3) is 1.00. The standard InChI is InChI=1S/C15H28N2O/c1-18-14-9-13(10-14)17-8-7-16-15(11-17)12-5-3-2-4-6-12/h12-16H,2-11H2,1H3. The largest absolute Gasteiger partial charge is 0.381 e. The molecule has 1 aliphatic heterocycles. The van der Waals surface area contributed by atoms with Crippen LogP contribution in [0.4, 0.5) is 0 Å². The van der Waals surface area contributed by atoms with Crippen LogP contribution in [0.2, 0.25) is 0 Å². The van der Waals surface area contributed by atoms with Gasteiger partial charge in [0, 0.05) is 38.8 Å². The van der Waals surface area contributed by atoms with Crippen LogP contribution in [-0.2, 0) is 4.74 Å². The number of piperazine rings is 1. The van der Waals surface area contributed by atoms with Crippen LogP contribution in [0, 0.1) is 5.92 Å². The second-order valence-corrected chi connectivity index (χ2v) is 6.44. The smallest absolute Gasteiger partial charge is 0.0601 e. The third-order valence-corrected chi connectivity index (χ3v) is 5.38. The van der Waals surface area contributed by atoms with Gasteiger partial charge in [-0.15, -0.1) is 0 Å². The number of nitrogens with zero attached hydrogens (tertiary/aromatic N) is 1. The van der Waals surface area contributed by atoms with Gasteiger partial charge in [0.2, 0.25) is 0 Å². The Bertz CT molecular complexity index is 259. The molecule has 3 aliphatic rings. The summed E-state index contributed by atoms with van der Waals surface area (Å²) >= 11 is 0. The third-order valence-electron chi connectivity index (χ3n) is 5.38. The zero-order valence-corrected chi connectivity index (χ0v) is 11.7. The van der Waals surface area contributed by atoms with Gasteiger partial charge >= 0.3 is 0 Å². The van der Waals surface area contributed by atoms with Crippen molar-refractivity contribution in [2.75, 3.05) is 26.7 Å². The molecule has 1 N–H and O–H groups in total. The monoisotopic (exact) mass is 252 g/mol. The number of hydrogen-bond acceptors (Lipinski definition) is 3. The summed E-state index contributed by atoms with van der Waals surface area (Å²) in [5.41, 5.74) is 0. The summed E-state index contributed by atoms with van der Waals surface area (Å²) in [6.45, 7) is 3.71. The van der Waals surface area contributed by atoms with Gasteiger partial charge in [-0.2, -0.15) is 0 Å². The fourth-order valence-corrected chi connectivity index (χ4v) is 4.01. The Labute approximate surface area is 111 Å². The Balaban J connectivity index is 1.49. The highest BCUT2D eigenvalue weighted by molar-refractivity contribution is 4.93. The molecule has 1 atom stereocenters. The van der Waals surface area contributed by atoms with Crippen molar-refractivity contribution in [2.24, 2.45) is 5.92 Å². The van der Waals surface area contributed by atoms with E-state index in [2.05, 4.69) is 10.2 Å². The van der Waals surface area contributed by atoms with E-state index in [4.69, 9.17) is 4.74 Å². The number of ether oxygens (including phenoxy) is 1. The topological polar surface area (TPSA) is 24.5 Å². The molecule has 0 aromatic carbocycles. The van der Waals surface area contributed by atoms with Gasteiger partial charge in [-0.1, -0.05) is 19.3 Å². The Kier molecular flexibility index (Phi) is 4.22. The van der Waals surface area contributed by atoms with E-state index in [0.29, 0.717) is 6.10 Å². The van der Waals surface area contributed by atoms with Crippen LogP contribution in [-0.4, -0.2) is 49.8 Å². The van der Waals surface area contributed by atoms with Crippen molar-refractivity contribution in [1.82, 2.24) is 10.2 Å². The lowest BCUT2D eigenvalue weighted by atomic mass is 9.81. The van der Waals surface area contributed by atoms with Crippen molar-refractivity contribution in [1.29, 1.82) is 0 Å². The number of methoxy groups -OCH3 is 1. The van der Waals surface area contributed by atoms with Crippen LogP contribution in [0.25, 0.3) is 0 Å². The molecule has 1 unspecified atom stereocenters. The highest BCUT2D eigenvalue weighted by Gasteiger charge is 2.37. The van der Waals surface area contributed by atoms with E-state index in [1.165, 1.54) is 64.6 Å². The zero-order chi connectivity index (χ0) is 12.4. The predicted molar refractivity (Wildman–Crippen MR) is 73.8 cm³/mol. The van der Waals surface area contributed by atoms with E-state index in [-0.39, 0.29) is 0 Å². The zero-order valence-electron chi connectivity index (χ0n) is 11.7. The molecule has 0 bridgehead atoms. The molecule has 18 heavy (non-hydrogen) atoms. The average molecular weight is 252 g/mol. The van der Waals surface area contributed by atoms with Gasteiger partial charge in [0.25, 0.3) is 0 Å². The number of rotatable bonds is 3. The summed E-state index contributed by atoms with van der Waals surface area (Å²) < 4.78 is 5.41. The van der Waals surface area contributed by atoms with Crippen LogP contribution >= 0.6 is 0 Å². The van der Waals surface area contributed by atoms with Gasteiger partial charge in [0.15, 0.2) is 0 Å². The van der Waals surface area contributed by atoms with Crippen molar-refractivity contribution in [3.05, 3.63) is 0 Å². The van der Waals surface area contributed by atoms with Crippen molar-refractivity contribution in [3.63, 3.8) is 0 Å². The molecule has 2 saturated carbocycles. The second-order valence-electron chi connectivity index (χ2n) is 6.44. The Morgan fingerprint density at radius 2 is 1.89 bits per heavy atom. The normalized spacial score (nSPS) is 39.5. The molecule has 0 amide bonds. The molecule has 0 radical (unpaired) electrons. The van der Waals surface area contributed by atoms with Crippen LogP contribution in [0.3, 0.4) is 0 Å². The van der Waals surface area contributed by atoms with Crippen LogP contribution in [0.15, 0.2) is 0 Å². The molecule has 0 spiro atoms. The number of hydrogen-bond donors (Lipinski definition) is 1. The van der Waals surface area contributed by atoms with Crippen molar-refractivity contribution in [2.45, 2.75) is 63.1 Å². The van der Waals surface area contributed by atoms with Gasteiger partial charge in [0.1, 0.15) is 0 Å². The van der Waals surface area contributed by atoms with Crippen LogP contribution in [0.5, 0.6) is 0 Å². The maximum absolute atomic E-state index is 5.41. The van der Waals surface area contributed by atoms with Gasteiger partial charge < -0.3 is 10.1 Å². The van der Waals surface area contributed by atoms with Gasteiger partial charge in [-0.25, -0.2) is 0 Å². The molecular weight excluding hydrogens is 224 g/mol. The Morgan fingerprint density at radius 1 is 1.11 bits per heavy atom. The maximum Gasteiger partial charge on any atom is 0.0601 e. The fourth-order valence-electron chi connectivity index (χ4n) is 4.01. The van der Waals surface area contributed by atoms with Gasteiger partial charge in [-0.3, -0.25) is 4.90 Å². The first-order valence-corrected chi connectivity index (χ1v) is 7.87. The van der Waals surface area contributed by atoms with E-state index >= 15 is 0 Å². The Hall–Kier alpha value is -0.120. The van der Waals surface area contributed by atoms with E-state index < -0.39 is 0 Å². The lowest BCUT2D eigenvalue weighted by molar-refractivity contribution is -0.0382. The maximum atomic E-state index is 5.41. The summed E-state index contributed by atoms with van der Waals surface area (Å²) in [7, 11) is 1.85. The number of nitrogens with one attached hydrogen (secondary N) is 1. The molecule has 3 heteroatoms. The minimum absolute atomic E-state index is 0.540. The quantitative estimate of drug-likeness (QED) is 0.831. The first kappa shape index (κ1) is 12.9. The van der Waals surface area contributed by atoms with E-state index in [9.17, 15) is 0 Å². The first-order chi connectivity index (χ1) is 8.86.